The molecule has 0 aromatic heterocycles. The zero-order valence-electron chi connectivity index (χ0n) is 23.4. The topological polar surface area (TPSA) is 55.8 Å². The maximum Gasteiger partial charge on any atom is 0.303 e. The van der Waals surface area contributed by atoms with Crippen molar-refractivity contribution < 1.29 is 28.2 Å². The van der Waals surface area contributed by atoms with Crippen LogP contribution in [0.5, 0.6) is 11.5 Å². The first kappa shape index (κ1) is 30.8. The van der Waals surface area contributed by atoms with Crippen LogP contribution in [0.1, 0.15) is 70.6 Å². The normalized spacial score (nSPS) is 10.9. The van der Waals surface area contributed by atoms with Crippen LogP contribution in [0.25, 0.3) is 11.1 Å². The second kappa shape index (κ2) is 14.5. The molecule has 0 aliphatic heterocycles. The minimum absolute atomic E-state index is 0.00367. The molecule has 0 amide bonds. The second-order valence-corrected chi connectivity index (χ2v) is 9.87. The summed E-state index contributed by atoms with van der Waals surface area (Å²) in [5.41, 5.74) is 2.80. The van der Waals surface area contributed by atoms with Crippen LogP contribution in [0.3, 0.4) is 0 Å². The van der Waals surface area contributed by atoms with Gasteiger partial charge in [0, 0.05) is 17.5 Å². The standard InChI is InChI=1S/C30H34F2O4.C2H6/c1-5-13-30(2,3)18-21-15-22(19-36-24-8-6-7-20(14-24)9-12-29(33)34)28(32)17-25(21)26-16-23(35-4)10-11-27(26)31;1-2/h6-8,10-11,14-17H,5,9,12-13,18-19H2,1-4H3,(H,33,34);1-2H3. The summed E-state index contributed by atoms with van der Waals surface area (Å²) < 4.78 is 41.3. The number of rotatable bonds is 12. The van der Waals surface area contributed by atoms with Gasteiger partial charge in [-0.25, -0.2) is 8.78 Å². The minimum Gasteiger partial charge on any atom is -0.497 e. The molecule has 3 aromatic rings. The van der Waals surface area contributed by atoms with Gasteiger partial charge in [0.25, 0.3) is 0 Å². The Balaban J connectivity index is 0.00000247. The van der Waals surface area contributed by atoms with Crippen molar-refractivity contribution in [3.63, 3.8) is 0 Å². The van der Waals surface area contributed by atoms with Gasteiger partial charge in [0.05, 0.1) is 7.11 Å². The van der Waals surface area contributed by atoms with Gasteiger partial charge in [-0.1, -0.05) is 53.2 Å². The average Bonchev–Trinajstić information content (AvgIpc) is 2.89. The second-order valence-electron chi connectivity index (χ2n) is 9.87. The molecule has 4 nitrogen and oxygen atoms in total. The Morgan fingerprint density at radius 3 is 2.32 bits per heavy atom. The smallest absolute Gasteiger partial charge is 0.303 e. The highest BCUT2D eigenvalue weighted by molar-refractivity contribution is 5.70. The van der Waals surface area contributed by atoms with Gasteiger partial charge in [0.15, 0.2) is 0 Å². The SMILES string of the molecule is CC.CCCC(C)(C)Cc1cc(COc2cccc(CCC(=O)O)c2)c(F)cc1-c1cc(OC)ccc1F. The van der Waals surface area contributed by atoms with E-state index in [2.05, 4.69) is 20.8 Å². The van der Waals surface area contributed by atoms with E-state index in [1.807, 2.05) is 19.9 Å². The first-order valence-corrected chi connectivity index (χ1v) is 13.2. The lowest BCUT2D eigenvalue weighted by Gasteiger charge is -2.26. The molecule has 0 spiro atoms. The summed E-state index contributed by atoms with van der Waals surface area (Å²) in [4.78, 5) is 10.9. The highest BCUT2D eigenvalue weighted by Crippen LogP contribution is 2.37. The van der Waals surface area contributed by atoms with E-state index in [9.17, 15) is 9.18 Å². The number of carbonyl (C=O) groups is 1. The summed E-state index contributed by atoms with van der Waals surface area (Å²) in [6.45, 7) is 10.4. The summed E-state index contributed by atoms with van der Waals surface area (Å²) >= 11 is 0. The van der Waals surface area contributed by atoms with Crippen LogP contribution < -0.4 is 9.47 Å². The molecule has 0 saturated heterocycles. The van der Waals surface area contributed by atoms with Crippen molar-refractivity contribution in [3.8, 4) is 22.6 Å². The maximum absolute atomic E-state index is 15.3. The number of carboxylic acids is 1. The molecule has 0 atom stereocenters. The third-order valence-corrected chi connectivity index (χ3v) is 6.25. The molecule has 38 heavy (non-hydrogen) atoms. The first-order valence-electron chi connectivity index (χ1n) is 13.2. The van der Waals surface area contributed by atoms with Gasteiger partial charge in [-0.2, -0.15) is 0 Å². The Hall–Kier alpha value is -3.41. The fourth-order valence-corrected chi connectivity index (χ4v) is 4.50. The molecular weight excluding hydrogens is 486 g/mol. The Bertz CT molecular complexity index is 1200. The molecule has 3 rings (SSSR count). The number of halogens is 2. The van der Waals surface area contributed by atoms with Gasteiger partial charge in [0.2, 0.25) is 0 Å². The van der Waals surface area contributed by atoms with Crippen molar-refractivity contribution in [3.05, 3.63) is 82.9 Å². The van der Waals surface area contributed by atoms with Gasteiger partial charge in [0.1, 0.15) is 29.7 Å². The quantitative estimate of drug-likeness (QED) is 0.257. The molecular formula is C32H40F2O4. The van der Waals surface area contributed by atoms with Crippen LogP contribution in [0, 0.1) is 17.0 Å². The summed E-state index contributed by atoms with van der Waals surface area (Å²) in [7, 11) is 1.51. The highest BCUT2D eigenvalue weighted by Gasteiger charge is 2.23. The largest absolute Gasteiger partial charge is 0.497 e. The molecule has 0 unspecified atom stereocenters. The van der Waals surface area contributed by atoms with E-state index in [4.69, 9.17) is 14.6 Å². The van der Waals surface area contributed by atoms with Crippen molar-refractivity contribution in [1.29, 1.82) is 0 Å². The lowest BCUT2D eigenvalue weighted by Crippen LogP contribution is -2.16. The zero-order valence-corrected chi connectivity index (χ0v) is 23.4. The van der Waals surface area contributed by atoms with E-state index < -0.39 is 17.6 Å². The highest BCUT2D eigenvalue weighted by atomic mass is 19.1. The monoisotopic (exact) mass is 526 g/mol. The van der Waals surface area contributed by atoms with Gasteiger partial charge in [-0.15, -0.1) is 0 Å². The van der Waals surface area contributed by atoms with Crippen LogP contribution in [0.2, 0.25) is 0 Å². The number of ether oxygens (including phenoxy) is 2. The third kappa shape index (κ3) is 8.86. The van der Waals surface area contributed by atoms with Crippen LogP contribution in [0.4, 0.5) is 8.78 Å². The Labute approximate surface area is 225 Å². The molecule has 0 saturated carbocycles. The number of carboxylic acid groups (broad SMARTS) is 1. The molecule has 0 aliphatic carbocycles. The minimum atomic E-state index is -0.866. The molecule has 6 heteroatoms. The van der Waals surface area contributed by atoms with E-state index in [1.54, 1.807) is 36.4 Å². The predicted molar refractivity (Wildman–Crippen MR) is 149 cm³/mol. The van der Waals surface area contributed by atoms with E-state index in [-0.39, 0.29) is 18.4 Å². The summed E-state index contributed by atoms with van der Waals surface area (Å²) in [6.07, 6.45) is 3.03. The molecule has 0 radical (unpaired) electrons. The number of hydrogen-bond acceptors (Lipinski definition) is 3. The summed E-state index contributed by atoms with van der Waals surface area (Å²) in [6, 6.07) is 14.8. The number of methoxy groups -OCH3 is 1. The number of benzene rings is 3. The number of aryl methyl sites for hydroxylation is 1. The Kier molecular flexibility index (Phi) is 11.8. The van der Waals surface area contributed by atoms with Crippen LogP contribution in [0.15, 0.2) is 54.6 Å². The summed E-state index contributed by atoms with van der Waals surface area (Å²) in [5.74, 6) is -0.749. The Morgan fingerprint density at radius 1 is 0.921 bits per heavy atom. The van der Waals surface area contributed by atoms with Crippen LogP contribution in [-0.4, -0.2) is 18.2 Å². The molecule has 0 bridgehead atoms. The molecule has 1 N–H and O–H groups in total. The maximum atomic E-state index is 15.3. The lowest BCUT2D eigenvalue weighted by molar-refractivity contribution is -0.136. The van der Waals surface area contributed by atoms with Crippen molar-refractivity contribution in [2.24, 2.45) is 5.41 Å². The van der Waals surface area contributed by atoms with Crippen molar-refractivity contribution in [2.45, 2.75) is 73.3 Å². The van der Waals surface area contributed by atoms with Crippen LogP contribution >= 0.6 is 0 Å². The van der Waals surface area contributed by atoms with Gasteiger partial charge in [-0.3, -0.25) is 4.79 Å². The molecule has 0 aliphatic rings. The number of hydrogen-bond donors (Lipinski definition) is 1. The van der Waals surface area contributed by atoms with Gasteiger partial charge < -0.3 is 14.6 Å². The van der Waals surface area contributed by atoms with E-state index in [1.165, 1.54) is 19.2 Å². The third-order valence-electron chi connectivity index (χ3n) is 6.25. The van der Waals surface area contributed by atoms with Gasteiger partial charge >= 0.3 is 5.97 Å². The van der Waals surface area contributed by atoms with Gasteiger partial charge in [-0.05, 0) is 83.8 Å². The average molecular weight is 527 g/mol. The van der Waals surface area contributed by atoms with Crippen molar-refractivity contribution >= 4 is 5.97 Å². The fourth-order valence-electron chi connectivity index (χ4n) is 4.50. The van der Waals surface area contributed by atoms with E-state index in [0.717, 1.165) is 24.0 Å². The number of aliphatic carboxylic acids is 1. The molecule has 0 fully saturated rings. The Morgan fingerprint density at radius 2 is 1.66 bits per heavy atom. The zero-order chi connectivity index (χ0) is 28.3. The molecule has 0 heterocycles. The fraction of sp³-hybridized carbons (Fsp3) is 0.406. The molecule has 206 valence electrons. The van der Waals surface area contributed by atoms with E-state index in [0.29, 0.717) is 41.0 Å². The lowest BCUT2D eigenvalue weighted by atomic mass is 9.79. The van der Waals surface area contributed by atoms with Crippen molar-refractivity contribution in [1.82, 2.24) is 0 Å². The first-order chi connectivity index (χ1) is 18.1. The van der Waals surface area contributed by atoms with Crippen LogP contribution in [-0.2, 0) is 24.2 Å². The summed E-state index contributed by atoms with van der Waals surface area (Å²) in [5, 5.41) is 8.91. The molecule has 3 aromatic carbocycles. The van der Waals surface area contributed by atoms with Crippen molar-refractivity contribution in [2.75, 3.05) is 7.11 Å². The van der Waals surface area contributed by atoms with E-state index >= 15 is 4.39 Å². The predicted octanol–water partition coefficient (Wildman–Crippen LogP) is 8.63.